The second-order valence-electron chi connectivity index (χ2n) is 5.17. The maximum absolute atomic E-state index is 5.71. The molecule has 0 bridgehead atoms. The summed E-state index contributed by atoms with van der Waals surface area (Å²) in [5.41, 5.74) is 6.97. The van der Waals surface area contributed by atoms with Gasteiger partial charge in [0.15, 0.2) is 0 Å². The van der Waals surface area contributed by atoms with Crippen LogP contribution in [-0.2, 0) is 6.54 Å². The minimum absolute atomic E-state index is 0.613. The van der Waals surface area contributed by atoms with Gasteiger partial charge < -0.3 is 10.6 Å². The van der Waals surface area contributed by atoms with E-state index in [-0.39, 0.29) is 0 Å². The molecule has 0 atom stereocenters. The normalized spacial score (nSPS) is 18.4. The van der Waals surface area contributed by atoms with Crippen molar-refractivity contribution in [3.05, 3.63) is 23.9 Å². The van der Waals surface area contributed by atoms with E-state index in [1.165, 1.54) is 38.0 Å². The van der Waals surface area contributed by atoms with Crippen LogP contribution in [0.2, 0.25) is 0 Å². The minimum atomic E-state index is 0.613. The van der Waals surface area contributed by atoms with Crippen molar-refractivity contribution in [1.82, 2.24) is 14.8 Å². The molecule has 0 amide bonds. The molecule has 0 spiro atoms. The van der Waals surface area contributed by atoms with E-state index in [0.717, 1.165) is 6.54 Å². The highest BCUT2D eigenvalue weighted by Crippen LogP contribution is 2.17. The Hall–Kier alpha value is -1.13. The smallest absolute Gasteiger partial charge is 0.123 e. The van der Waals surface area contributed by atoms with Crippen LogP contribution in [0.4, 0.5) is 5.82 Å². The van der Waals surface area contributed by atoms with Crippen molar-refractivity contribution in [2.45, 2.75) is 32.4 Å². The summed E-state index contributed by atoms with van der Waals surface area (Å²) >= 11 is 0. The van der Waals surface area contributed by atoms with Gasteiger partial charge in [-0.05, 0) is 57.2 Å². The summed E-state index contributed by atoms with van der Waals surface area (Å²) in [6, 6.07) is 4.72. The summed E-state index contributed by atoms with van der Waals surface area (Å²) in [6.07, 6.45) is 4.33. The molecular formula is C14H24N4. The zero-order chi connectivity index (χ0) is 13.0. The molecule has 2 N–H and O–H groups in total. The number of nitrogens with two attached hydrogens (primary N) is 1. The van der Waals surface area contributed by atoms with Crippen molar-refractivity contribution in [3.8, 4) is 0 Å². The van der Waals surface area contributed by atoms with Gasteiger partial charge in [0.2, 0.25) is 0 Å². The highest BCUT2D eigenvalue weighted by atomic mass is 15.2. The van der Waals surface area contributed by atoms with E-state index in [2.05, 4.69) is 28.8 Å². The standard InChI is InChI=1S/C14H24N4/c1-3-18-8-5-13(6-9-18)17(2)11-12-4-7-16-14(15)10-12/h4,7,10,13H,3,5-6,8-9,11H2,1-2H3,(H2,15,16). The first-order valence-electron chi connectivity index (χ1n) is 6.82. The van der Waals surface area contributed by atoms with E-state index >= 15 is 0 Å². The molecule has 1 saturated heterocycles. The molecule has 1 aliphatic heterocycles. The Morgan fingerprint density at radius 1 is 1.44 bits per heavy atom. The second-order valence-corrected chi connectivity index (χ2v) is 5.17. The third kappa shape index (κ3) is 3.43. The van der Waals surface area contributed by atoms with Crippen molar-refractivity contribution >= 4 is 5.82 Å². The molecule has 1 aliphatic rings. The van der Waals surface area contributed by atoms with Gasteiger partial charge in [-0.15, -0.1) is 0 Å². The van der Waals surface area contributed by atoms with Crippen molar-refractivity contribution in [1.29, 1.82) is 0 Å². The van der Waals surface area contributed by atoms with Crippen LogP contribution in [0.25, 0.3) is 0 Å². The Balaban J connectivity index is 1.87. The van der Waals surface area contributed by atoms with Crippen LogP contribution in [0, 0.1) is 0 Å². The highest BCUT2D eigenvalue weighted by molar-refractivity contribution is 5.31. The Morgan fingerprint density at radius 3 is 2.78 bits per heavy atom. The van der Waals surface area contributed by atoms with Crippen LogP contribution in [0.1, 0.15) is 25.3 Å². The molecule has 1 aromatic rings. The third-order valence-electron chi connectivity index (χ3n) is 3.91. The number of piperidine rings is 1. The first-order chi connectivity index (χ1) is 8.69. The maximum atomic E-state index is 5.71. The maximum Gasteiger partial charge on any atom is 0.123 e. The van der Waals surface area contributed by atoms with Crippen LogP contribution in [-0.4, -0.2) is 47.5 Å². The van der Waals surface area contributed by atoms with Gasteiger partial charge in [-0.2, -0.15) is 0 Å². The van der Waals surface area contributed by atoms with E-state index in [4.69, 9.17) is 5.73 Å². The summed E-state index contributed by atoms with van der Waals surface area (Å²) in [5.74, 6) is 0.613. The molecule has 4 nitrogen and oxygen atoms in total. The molecule has 1 aromatic heterocycles. The van der Waals surface area contributed by atoms with Crippen molar-refractivity contribution in [3.63, 3.8) is 0 Å². The predicted molar refractivity (Wildman–Crippen MR) is 75.3 cm³/mol. The molecule has 2 heterocycles. The zero-order valence-corrected chi connectivity index (χ0v) is 11.5. The van der Waals surface area contributed by atoms with Gasteiger partial charge in [-0.25, -0.2) is 4.98 Å². The molecule has 4 heteroatoms. The lowest BCUT2D eigenvalue weighted by molar-refractivity contribution is 0.127. The molecule has 0 radical (unpaired) electrons. The van der Waals surface area contributed by atoms with E-state index in [9.17, 15) is 0 Å². The first kappa shape index (κ1) is 13.3. The average molecular weight is 248 g/mol. The van der Waals surface area contributed by atoms with Crippen LogP contribution < -0.4 is 5.73 Å². The number of rotatable bonds is 4. The Labute approximate surface area is 110 Å². The molecule has 0 aromatic carbocycles. The second kappa shape index (κ2) is 6.16. The Bertz CT molecular complexity index is 372. The van der Waals surface area contributed by atoms with Gasteiger partial charge in [0.1, 0.15) is 5.82 Å². The fraction of sp³-hybridized carbons (Fsp3) is 0.643. The lowest BCUT2D eigenvalue weighted by Crippen LogP contribution is -2.42. The van der Waals surface area contributed by atoms with E-state index < -0.39 is 0 Å². The van der Waals surface area contributed by atoms with Crippen molar-refractivity contribution in [2.24, 2.45) is 0 Å². The fourth-order valence-corrected chi connectivity index (χ4v) is 2.69. The molecule has 100 valence electrons. The Kier molecular flexibility index (Phi) is 4.55. The minimum Gasteiger partial charge on any atom is -0.384 e. The van der Waals surface area contributed by atoms with Crippen LogP contribution in [0.5, 0.6) is 0 Å². The predicted octanol–water partition coefficient (Wildman–Crippen LogP) is 1.58. The summed E-state index contributed by atoms with van der Waals surface area (Å²) in [6.45, 7) is 6.83. The molecule has 2 rings (SSSR count). The van der Waals surface area contributed by atoms with Gasteiger partial charge in [-0.3, -0.25) is 4.90 Å². The number of nitrogen functional groups attached to an aromatic ring is 1. The molecule has 0 aliphatic carbocycles. The number of pyridine rings is 1. The molecule has 18 heavy (non-hydrogen) atoms. The molecule has 1 fully saturated rings. The van der Waals surface area contributed by atoms with E-state index in [1.54, 1.807) is 6.20 Å². The topological polar surface area (TPSA) is 45.4 Å². The number of aromatic nitrogens is 1. The molecule has 0 saturated carbocycles. The van der Waals surface area contributed by atoms with Gasteiger partial charge in [0, 0.05) is 18.8 Å². The quantitative estimate of drug-likeness (QED) is 0.878. The van der Waals surface area contributed by atoms with Crippen LogP contribution in [0.3, 0.4) is 0 Å². The summed E-state index contributed by atoms with van der Waals surface area (Å²) in [4.78, 5) is 9.00. The number of likely N-dealkylation sites (tertiary alicyclic amines) is 1. The van der Waals surface area contributed by atoms with Crippen LogP contribution in [0.15, 0.2) is 18.3 Å². The van der Waals surface area contributed by atoms with E-state index in [0.29, 0.717) is 11.9 Å². The summed E-state index contributed by atoms with van der Waals surface area (Å²) < 4.78 is 0. The summed E-state index contributed by atoms with van der Waals surface area (Å²) in [5, 5.41) is 0. The number of nitrogens with zero attached hydrogens (tertiary/aromatic N) is 3. The fourth-order valence-electron chi connectivity index (χ4n) is 2.69. The number of hydrogen-bond acceptors (Lipinski definition) is 4. The van der Waals surface area contributed by atoms with Gasteiger partial charge in [-0.1, -0.05) is 6.92 Å². The number of anilines is 1. The van der Waals surface area contributed by atoms with Gasteiger partial charge in [0.25, 0.3) is 0 Å². The monoisotopic (exact) mass is 248 g/mol. The van der Waals surface area contributed by atoms with E-state index in [1.807, 2.05) is 12.1 Å². The highest BCUT2D eigenvalue weighted by Gasteiger charge is 2.21. The zero-order valence-electron chi connectivity index (χ0n) is 11.5. The summed E-state index contributed by atoms with van der Waals surface area (Å²) in [7, 11) is 2.21. The van der Waals surface area contributed by atoms with Crippen molar-refractivity contribution < 1.29 is 0 Å². The average Bonchev–Trinajstić information content (AvgIpc) is 2.39. The lowest BCUT2D eigenvalue weighted by Gasteiger charge is -2.36. The lowest BCUT2D eigenvalue weighted by atomic mass is 10.0. The Morgan fingerprint density at radius 2 is 2.17 bits per heavy atom. The third-order valence-corrected chi connectivity index (χ3v) is 3.91. The van der Waals surface area contributed by atoms with Crippen molar-refractivity contribution in [2.75, 3.05) is 32.4 Å². The first-order valence-corrected chi connectivity index (χ1v) is 6.82. The number of hydrogen-bond donors (Lipinski definition) is 1. The van der Waals surface area contributed by atoms with Gasteiger partial charge >= 0.3 is 0 Å². The largest absolute Gasteiger partial charge is 0.384 e. The molecular weight excluding hydrogens is 224 g/mol. The van der Waals surface area contributed by atoms with Gasteiger partial charge in [0.05, 0.1) is 0 Å². The van der Waals surface area contributed by atoms with Crippen LogP contribution >= 0.6 is 0 Å². The molecule has 0 unspecified atom stereocenters. The SMILES string of the molecule is CCN1CCC(N(C)Cc2ccnc(N)c2)CC1.